The molecule has 0 aliphatic heterocycles. The van der Waals surface area contributed by atoms with Crippen molar-refractivity contribution in [2.24, 2.45) is 7.05 Å². The van der Waals surface area contributed by atoms with Gasteiger partial charge in [0.25, 0.3) is 0 Å². The molecule has 74 valence electrons. The fourth-order valence-corrected chi connectivity index (χ4v) is 1.77. The Morgan fingerprint density at radius 2 is 1.93 bits per heavy atom. The first-order valence-electron chi connectivity index (χ1n) is 4.91. The van der Waals surface area contributed by atoms with Crippen molar-refractivity contribution in [1.82, 2.24) is 9.78 Å². The third kappa shape index (κ3) is 1.41. The molecule has 0 saturated carbocycles. The zero-order chi connectivity index (χ0) is 10.3. The number of rotatable bonds is 0. The third-order valence-electron chi connectivity index (χ3n) is 2.46. The topological polar surface area (TPSA) is 17.8 Å². The van der Waals surface area contributed by atoms with E-state index in [0.717, 1.165) is 5.52 Å². The Balaban J connectivity index is 2.77. The van der Waals surface area contributed by atoms with Gasteiger partial charge < -0.3 is 0 Å². The van der Waals surface area contributed by atoms with Crippen LogP contribution in [0.15, 0.2) is 24.4 Å². The van der Waals surface area contributed by atoms with E-state index >= 15 is 0 Å². The molecule has 0 aliphatic carbocycles. The summed E-state index contributed by atoms with van der Waals surface area (Å²) in [6, 6.07) is 6.37. The number of hydrogen-bond acceptors (Lipinski definition) is 1. The van der Waals surface area contributed by atoms with E-state index in [1.165, 1.54) is 10.9 Å². The Labute approximate surface area is 84.5 Å². The molecule has 0 spiro atoms. The fourth-order valence-electron chi connectivity index (χ4n) is 1.77. The maximum absolute atomic E-state index is 4.50. The van der Waals surface area contributed by atoms with Crippen molar-refractivity contribution < 1.29 is 0 Å². The summed E-state index contributed by atoms with van der Waals surface area (Å²) in [5.41, 5.74) is 2.60. The molecule has 0 saturated heterocycles. The third-order valence-corrected chi connectivity index (χ3v) is 2.46. The van der Waals surface area contributed by atoms with Crippen molar-refractivity contribution >= 4 is 10.9 Å². The van der Waals surface area contributed by atoms with Crippen LogP contribution < -0.4 is 0 Å². The van der Waals surface area contributed by atoms with E-state index in [9.17, 15) is 0 Å². The van der Waals surface area contributed by atoms with E-state index in [1.54, 1.807) is 0 Å². The molecule has 0 radical (unpaired) electrons. The summed E-state index contributed by atoms with van der Waals surface area (Å²) in [4.78, 5) is 0. The van der Waals surface area contributed by atoms with Gasteiger partial charge in [-0.3, -0.25) is 4.68 Å². The highest BCUT2D eigenvalue weighted by atomic mass is 15.2. The zero-order valence-electron chi connectivity index (χ0n) is 9.20. The molecule has 0 atom stereocenters. The highest BCUT2D eigenvalue weighted by Gasteiger charge is 2.17. The highest BCUT2D eigenvalue weighted by molar-refractivity contribution is 5.82. The van der Waals surface area contributed by atoms with Gasteiger partial charge in [0, 0.05) is 18.6 Å². The average molecular weight is 188 g/mol. The van der Waals surface area contributed by atoms with Gasteiger partial charge in [0.1, 0.15) is 0 Å². The summed E-state index contributed by atoms with van der Waals surface area (Å²) in [5, 5.41) is 5.72. The molecule has 1 heterocycles. The predicted octanol–water partition coefficient (Wildman–Crippen LogP) is 2.87. The zero-order valence-corrected chi connectivity index (χ0v) is 9.20. The minimum absolute atomic E-state index is 0.161. The van der Waals surface area contributed by atoms with Gasteiger partial charge in [0.2, 0.25) is 0 Å². The monoisotopic (exact) mass is 188 g/mol. The standard InChI is InChI=1S/C12H16N2/c1-12(2,3)10-7-5-6-9-8-14(4)13-11(9)10/h5-8H,1-4H3. The van der Waals surface area contributed by atoms with Crippen LogP contribution >= 0.6 is 0 Å². The van der Waals surface area contributed by atoms with E-state index in [2.05, 4.69) is 50.3 Å². The number of benzene rings is 1. The first-order valence-corrected chi connectivity index (χ1v) is 4.91. The minimum Gasteiger partial charge on any atom is -0.275 e. The largest absolute Gasteiger partial charge is 0.275 e. The lowest BCUT2D eigenvalue weighted by Crippen LogP contribution is -2.11. The van der Waals surface area contributed by atoms with E-state index in [0.29, 0.717) is 0 Å². The van der Waals surface area contributed by atoms with Gasteiger partial charge in [-0.25, -0.2) is 0 Å². The molecule has 0 aliphatic rings. The lowest BCUT2D eigenvalue weighted by atomic mass is 9.86. The number of nitrogens with zero attached hydrogens (tertiary/aromatic N) is 2. The molecular formula is C12H16N2. The van der Waals surface area contributed by atoms with Crippen LogP contribution in [0.5, 0.6) is 0 Å². The normalized spacial score (nSPS) is 12.3. The Morgan fingerprint density at radius 1 is 1.21 bits per heavy atom. The minimum atomic E-state index is 0.161. The van der Waals surface area contributed by atoms with Crippen molar-refractivity contribution in [3.63, 3.8) is 0 Å². The van der Waals surface area contributed by atoms with E-state index in [4.69, 9.17) is 0 Å². The van der Waals surface area contributed by atoms with Crippen molar-refractivity contribution in [3.8, 4) is 0 Å². The summed E-state index contributed by atoms with van der Waals surface area (Å²) in [7, 11) is 1.96. The first kappa shape index (κ1) is 9.25. The lowest BCUT2D eigenvalue weighted by Gasteiger charge is -2.18. The molecule has 0 fully saturated rings. The summed E-state index contributed by atoms with van der Waals surface area (Å²) in [6.07, 6.45) is 2.06. The average Bonchev–Trinajstić information content (AvgIpc) is 2.41. The van der Waals surface area contributed by atoms with Crippen LogP contribution in [0.1, 0.15) is 26.3 Å². The SMILES string of the molecule is Cn1cc2cccc(C(C)(C)C)c2n1. The first-order chi connectivity index (χ1) is 6.48. The van der Waals surface area contributed by atoms with Gasteiger partial charge in [-0.05, 0) is 11.0 Å². The molecule has 2 aromatic rings. The Hall–Kier alpha value is -1.31. The number of aromatic nitrogens is 2. The van der Waals surface area contributed by atoms with E-state index in [1.807, 2.05) is 11.7 Å². The van der Waals surface area contributed by atoms with Gasteiger partial charge in [0.15, 0.2) is 0 Å². The lowest BCUT2D eigenvalue weighted by molar-refractivity contribution is 0.593. The Morgan fingerprint density at radius 3 is 2.57 bits per heavy atom. The molecule has 0 amide bonds. The van der Waals surface area contributed by atoms with Crippen molar-refractivity contribution in [2.45, 2.75) is 26.2 Å². The van der Waals surface area contributed by atoms with E-state index in [-0.39, 0.29) is 5.41 Å². The van der Waals surface area contributed by atoms with Crippen LogP contribution in [0, 0.1) is 0 Å². The van der Waals surface area contributed by atoms with Gasteiger partial charge in [-0.2, -0.15) is 5.10 Å². The Kier molecular flexibility index (Phi) is 1.88. The van der Waals surface area contributed by atoms with Crippen molar-refractivity contribution in [1.29, 1.82) is 0 Å². The van der Waals surface area contributed by atoms with Gasteiger partial charge in [0.05, 0.1) is 5.52 Å². The number of hydrogen-bond donors (Lipinski definition) is 0. The summed E-state index contributed by atoms with van der Waals surface area (Å²) in [5.74, 6) is 0. The second-order valence-electron chi connectivity index (χ2n) is 4.80. The second kappa shape index (κ2) is 2.84. The van der Waals surface area contributed by atoms with Crippen LogP contribution in [0.25, 0.3) is 10.9 Å². The number of aryl methyl sites for hydroxylation is 1. The molecule has 2 nitrogen and oxygen atoms in total. The molecule has 1 aromatic heterocycles. The fraction of sp³-hybridized carbons (Fsp3) is 0.417. The maximum Gasteiger partial charge on any atom is 0.0960 e. The van der Waals surface area contributed by atoms with Crippen molar-refractivity contribution in [3.05, 3.63) is 30.0 Å². The molecule has 0 unspecified atom stereocenters. The van der Waals surface area contributed by atoms with Gasteiger partial charge in [-0.1, -0.05) is 39.0 Å². The number of fused-ring (bicyclic) bond motifs is 1. The van der Waals surface area contributed by atoms with Gasteiger partial charge in [-0.15, -0.1) is 0 Å². The molecular weight excluding hydrogens is 172 g/mol. The predicted molar refractivity (Wildman–Crippen MR) is 59.4 cm³/mol. The quantitative estimate of drug-likeness (QED) is 0.621. The van der Waals surface area contributed by atoms with Gasteiger partial charge >= 0.3 is 0 Å². The summed E-state index contributed by atoms with van der Waals surface area (Å²) >= 11 is 0. The molecule has 14 heavy (non-hydrogen) atoms. The summed E-state index contributed by atoms with van der Waals surface area (Å²) in [6.45, 7) is 6.66. The molecule has 2 heteroatoms. The maximum atomic E-state index is 4.50. The molecule has 1 aromatic carbocycles. The highest BCUT2D eigenvalue weighted by Crippen LogP contribution is 2.28. The van der Waals surface area contributed by atoms with Crippen LogP contribution in [0.4, 0.5) is 0 Å². The molecule has 0 bridgehead atoms. The molecule has 0 N–H and O–H groups in total. The summed E-state index contributed by atoms with van der Waals surface area (Å²) < 4.78 is 1.87. The second-order valence-corrected chi connectivity index (χ2v) is 4.80. The smallest absolute Gasteiger partial charge is 0.0960 e. The van der Waals surface area contributed by atoms with Crippen molar-refractivity contribution in [2.75, 3.05) is 0 Å². The van der Waals surface area contributed by atoms with Crippen LogP contribution in [-0.4, -0.2) is 9.78 Å². The molecule has 2 rings (SSSR count). The van der Waals surface area contributed by atoms with Crippen LogP contribution in [0.2, 0.25) is 0 Å². The Bertz CT molecular complexity index is 461. The van der Waals surface area contributed by atoms with Crippen LogP contribution in [0.3, 0.4) is 0 Å². The van der Waals surface area contributed by atoms with E-state index < -0.39 is 0 Å². The van der Waals surface area contributed by atoms with Crippen LogP contribution in [-0.2, 0) is 12.5 Å².